The Hall–Kier alpha value is -4.27. The lowest BCUT2D eigenvalue weighted by molar-refractivity contribution is -0.393. The summed E-state index contributed by atoms with van der Waals surface area (Å²) in [5, 5.41) is 29.4. The Morgan fingerprint density at radius 3 is 2.06 bits per heavy atom. The molecule has 162 valence electrons. The normalized spacial score (nSPS) is 15.7. The SMILES string of the molecule is CC(C)C1=NN(c2ccc([N+](=O)[O-])cc2[N+](=O)[O-])C(c2ccccc2)N1c1ccccc1. The molecule has 1 unspecified atom stereocenters. The number of hydrogen-bond donors (Lipinski definition) is 0. The Morgan fingerprint density at radius 2 is 1.50 bits per heavy atom. The van der Waals surface area contributed by atoms with Crippen LogP contribution >= 0.6 is 0 Å². The molecule has 0 radical (unpaired) electrons. The second kappa shape index (κ2) is 8.46. The van der Waals surface area contributed by atoms with Crippen LogP contribution in [0.15, 0.2) is 84.0 Å². The molecule has 1 aliphatic rings. The van der Waals surface area contributed by atoms with E-state index >= 15 is 0 Å². The second-order valence-corrected chi connectivity index (χ2v) is 7.63. The Bertz CT molecular complexity index is 1180. The first-order chi connectivity index (χ1) is 15.4. The van der Waals surface area contributed by atoms with E-state index in [-0.39, 0.29) is 23.0 Å². The van der Waals surface area contributed by atoms with Crippen molar-refractivity contribution >= 4 is 28.6 Å². The summed E-state index contributed by atoms with van der Waals surface area (Å²) in [6, 6.07) is 22.9. The number of nitro benzene ring substituents is 2. The number of non-ortho nitro benzene ring substituents is 1. The van der Waals surface area contributed by atoms with Crippen LogP contribution in [0.5, 0.6) is 0 Å². The van der Waals surface area contributed by atoms with E-state index in [9.17, 15) is 20.2 Å². The van der Waals surface area contributed by atoms with E-state index in [1.165, 1.54) is 12.1 Å². The molecule has 1 aliphatic heterocycles. The Morgan fingerprint density at radius 1 is 0.875 bits per heavy atom. The number of anilines is 2. The number of hydrazone groups is 1. The molecule has 0 aromatic heterocycles. The van der Waals surface area contributed by atoms with Crippen molar-refractivity contribution in [1.82, 2.24) is 0 Å². The summed E-state index contributed by atoms with van der Waals surface area (Å²) in [6.45, 7) is 4.01. The van der Waals surface area contributed by atoms with Crippen molar-refractivity contribution in [3.63, 3.8) is 0 Å². The highest BCUT2D eigenvalue weighted by Crippen LogP contribution is 2.43. The van der Waals surface area contributed by atoms with Gasteiger partial charge in [0.2, 0.25) is 0 Å². The highest BCUT2D eigenvalue weighted by atomic mass is 16.6. The molecule has 0 spiro atoms. The van der Waals surface area contributed by atoms with Crippen LogP contribution < -0.4 is 9.91 Å². The maximum Gasteiger partial charge on any atom is 0.301 e. The van der Waals surface area contributed by atoms with Crippen molar-refractivity contribution in [2.75, 3.05) is 9.91 Å². The molecule has 0 N–H and O–H groups in total. The lowest BCUT2D eigenvalue weighted by Crippen LogP contribution is -2.37. The molecule has 0 fully saturated rings. The first-order valence-electron chi connectivity index (χ1n) is 10.1. The Kier molecular flexibility index (Phi) is 5.55. The molecule has 1 atom stereocenters. The van der Waals surface area contributed by atoms with Gasteiger partial charge in [0.1, 0.15) is 11.5 Å². The lowest BCUT2D eigenvalue weighted by atomic mass is 10.1. The fourth-order valence-corrected chi connectivity index (χ4v) is 3.77. The zero-order chi connectivity index (χ0) is 22.8. The molecule has 0 aliphatic carbocycles. The predicted octanol–water partition coefficient (Wildman–Crippen LogP) is 5.50. The van der Waals surface area contributed by atoms with E-state index in [0.717, 1.165) is 23.2 Å². The second-order valence-electron chi connectivity index (χ2n) is 7.63. The number of benzene rings is 3. The van der Waals surface area contributed by atoms with Gasteiger partial charge in [-0.05, 0) is 23.8 Å². The Labute approximate surface area is 184 Å². The minimum Gasteiger partial charge on any atom is -0.301 e. The molecule has 9 nitrogen and oxygen atoms in total. The first-order valence-corrected chi connectivity index (χ1v) is 10.1. The standard InChI is InChI=1S/C23H21N5O4/c1-16(2)22-24-26(20-14-13-19(27(29)30)15-21(20)28(31)32)23(17-9-5-3-6-10-17)25(22)18-11-7-4-8-12-18/h3-16,23H,1-2H3. The van der Waals surface area contributed by atoms with Crippen molar-refractivity contribution in [2.45, 2.75) is 20.0 Å². The smallest absolute Gasteiger partial charge is 0.301 e. The van der Waals surface area contributed by atoms with Crippen molar-refractivity contribution < 1.29 is 9.85 Å². The van der Waals surface area contributed by atoms with Gasteiger partial charge in [0, 0.05) is 17.7 Å². The third-order valence-corrected chi connectivity index (χ3v) is 5.20. The van der Waals surface area contributed by atoms with Gasteiger partial charge in [0.05, 0.1) is 15.9 Å². The van der Waals surface area contributed by atoms with Gasteiger partial charge in [0.15, 0.2) is 6.17 Å². The Balaban J connectivity index is 1.94. The van der Waals surface area contributed by atoms with Gasteiger partial charge in [0.25, 0.3) is 5.69 Å². The van der Waals surface area contributed by atoms with Gasteiger partial charge in [-0.2, -0.15) is 5.10 Å². The molecule has 1 heterocycles. The molecule has 9 heteroatoms. The lowest BCUT2D eigenvalue weighted by Gasteiger charge is -2.32. The summed E-state index contributed by atoms with van der Waals surface area (Å²) in [6.07, 6.45) is -0.504. The van der Waals surface area contributed by atoms with Crippen LogP contribution in [-0.2, 0) is 0 Å². The van der Waals surface area contributed by atoms with Crippen LogP contribution in [0.3, 0.4) is 0 Å². The van der Waals surface area contributed by atoms with Crippen LogP contribution in [0.4, 0.5) is 22.7 Å². The van der Waals surface area contributed by atoms with E-state index in [1.807, 2.05) is 79.4 Å². The molecule has 4 rings (SSSR count). The quantitative estimate of drug-likeness (QED) is 0.377. The van der Waals surface area contributed by atoms with Gasteiger partial charge in [-0.1, -0.05) is 62.4 Å². The van der Waals surface area contributed by atoms with Gasteiger partial charge < -0.3 is 4.90 Å². The van der Waals surface area contributed by atoms with Crippen molar-refractivity contribution in [2.24, 2.45) is 11.0 Å². The minimum absolute atomic E-state index is 0.0172. The molecule has 32 heavy (non-hydrogen) atoms. The fourth-order valence-electron chi connectivity index (χ4n) is 3.77. The van der Waals surface area contributed by atoms with Crippen LogP contribution in [0.25, 0.3) is 0 Å². The van der Waals surface area contributed by atoms with Crippen molar-refractivity contribution in [3.05, 3.63) is 105 Å². The average Bonchev–Trinajstić information content (AvgIpc) is 3.20. The number of para-hydroxylation sites is 1. The van der Waals surface area contributed by atoms with E-state index in [1.54, 1.807) is 5.01 Å². The molecule has 3 aromatic carbocycles. The van der Waals surface area contributed by atoms with Crippen LogP contribution in [0.1, 0.15) is 25.6 Å². The largest absolute Gasteiger partial charge is 0.301 e. The minimum atomic E-state index is -0.644. The van der Waals surface area contributed by atoms with E-state index < -0.39 is 16.0 Å². The third-order valence-electron chi connectivity index (χ3n) is 5.20. The van der Waals surface area contributed by atoms with E-state index in [0.29, 0.717) is 0 Å². The molecule has 3 aromatic rings. The number of amidine groups is 1. The van der Waals surface area contributed by atoms with Crippen LogP contribution in [0.2, 0.25) is 0 Å². The summed E-state index contributed by atoms with van der Waals surface area (Å²) in [7, 11) is 0. The highest BCUT2D eigenvalue weighted by Gasteiger charge is 2.40. The monoisotopic (exact) mass is 431 g/mol. The van der Waals surface area contributed by atoms with Crippen LogP contribution in [-0.4, -0.2) is 15.7 Å². The topological polar surface area (TPSA) is 105 Å². The van der Waals surface area contributed by atoms with E-state index in [4.69, 9.17) is 5.10 Å². The molecule has 0 saturated carbocycles. The number of nitro groups is 2. The molecular formula is C23H21N5O4. The molecular weight excluding hydrogens is 410 g/mol. The van der Waals surface area contributed by atoms with Gasteiger partial charge in [-0.15, -0.1) is 0 Å². The zero-order valence-electron chi connectivity index (χ0n) is 17.5. The summed E-state index contributed by atoms with van der Waals surface area (Å²) in [5.74, 6) is 0.751. The number of rotatable bonds is 6. The molecule has 0 saturated heterocycles. The van der Waals surface area contributed by atoms with Gasteiger partial charge in [-0.3, -0.25) is 20.2 Å². The van der Waals surface area contributed by atoms with Gasteiger partial charge in [-0.25, -0.2) is 5.01 Å². The number of hydrogen-bond acceptors (Lipinski definition) is 7. The van der Waals surface area contributed by atoms with Crippen molar-refractivity contribution in [1.29, 1.82) is 0 Å². The molecule has 0 amide bonds. The summed E-state index contributed by atoms with van der Waals surface area (Å²) < 4.78 is 0. The maximum atomic E-state index is 11.9. The summed E-state index contributed by atoms with van der Waals surface area (Å²) >= 11 is 0. The van der Waals surface area contributed by atoms with Gasteiger partial charge >= 0.3 is 5.69 Å². The maximum absolute atomic E-state index is 11.9. The summed E-state index contributed by atoms with van der Waals surface area (Å²) in [4.78, 5) is 23.9. The fraction of sp³-hybridized carbons (Fsp3) is 0.174. The number of nitrogens with zero attached hydrogens (tertiary/aromatic N) is 5. The zero-order valence-corrected chi connectivity index (χ0v) is 17.5. The average molecular weight is 431 g/mol. The predicted molar refractivity (Wildman–Crippen MR) is 123 cm³/mol. The first kappa shape index (κ1) is 21.0. The van der Waals surface area contributed by atoms with Crippen LogP contribution in [0, 0.1) is 26.1 Å². The molecule has 0 bridgehead atoms. The summed E-state index contributed by atoms with van der Waals surface area (Å²) in [5.41, 5.74) is 1.24. The highest BCUT2D eigenvalue weighted by molar-refractivity contribution is 6.03. The third kappa shape index (κ3) is 3.76. The van der Waals surface area contributed by atoms with E-state index in [2.05, 4.69) is 0 Å². The van der Waals surface area contributed by atoms with Crippen molar-refractivity contribution in [3.8, 4) is 0 Å².